The first-order valence-corrected chi connectivity index (χ1v) is 12.3. The molecule has 0 aliphatic heterocycles. The Morgan fingerprint density at radius 3 is 2.44 bits per heavy atom. The number of pyridine rings is 2. The third kappa shape index (κ3) is 5.73. The van der Waals surface area contributed by atoms with Crippen molar-refractivity contribution in [3.8, 4) is 6.07 Å². The summed E-state index contributed by atoms with van der Waals surface area (Å²) >= 11 is 6.56. The Morgan fingerprint density at radius 2 is 1.76 bits per heavy atom. The van der Waals surface area contributed by atoms with Gasteiger partial charge in [0.1, 0.15) is 23.6 Å². The molecule has 0 fully saturated rings. The molecule has 0 bridgehead atoms. The normalized spacial score (nSPS) is 12.8. The second kappa shape index (κ2) is 11.3. The molecule has 2 atom stereocenters. The van der Waals surface area contributed by atoms with Crippen molar-refractivity contribution in [1.82, 2.24) is 25.0 Å². The van der Waals surface area contributed by atoms with Crippen molar-refractivity contribution in [2.45, 2.75) is 25.4 Å². The topological polar surface area (TPSA) is 104 Å². The molecule has 8 nitrogen and oxygen atoms in total. The molecular weight excluding hydrogens is 567 g/mol. The molecule has 5 rings (SSSR count). The summed E-state index contributed by atoms with van der Waals surface area (Å²) in [5.41, 5.74) is 1.82. The number of aromatic nitrogens is 5. The highest BCUT2D eigenvalue weighted by molar-refractivity contribution is 6.36. The van der Waals surface area contributed by atoms with Gasteiger partial charge in [0.15, 0.2) is 5.82 Å². The molecule has 0 spiro atoms. The minimum atomic E-state index is -2.68. The van der Waals surface area contributed by atoms with Crippen molar-refractivity contribution in [3.63, 3.8) is 0 Å². The van der Waals surface area contributed by atoms with Crippen LogP contribution in [0.4, 0.5) is 39.0 Å². The van der Waals surface area contributed by atoms with Crippen LogP contribution < -0.4 is 10.6 Å². The van der Waals surface area contributed by atoms with Gasteiger partial charge in [0.2, 0.25) is 5.95 Å². The number of hydrogen-bond acceptors (Lipinski definition) is 7. The van der Waals surface area contributed by atoms with Crippen LogP contribution in [0, 0.1) is 28.9 Å². The number of rotatable bonds is 8. The van der Waals surface area contributed by atoms with Gasteiger partial charge in [-0.25, -0.2) is 27.2 Å². The average molecular weight is 585 g/mol. The fraction of sp³-hybridized carbons (Fsp3) is 0.148. The summed E-state index contributed by atoms with van der Waals surface area (Å²) in [5.74, 6) is -2.95. The Morgan fingerprint density at radius 1 is 1.00 bits per heavy atom. The van der Waals surface area contributed by atoms with Crippen molar-refractivity contribution in [2.24, 2.45) is 0 Å². The highest BCUT2D eigenvalue weighted by Gasteiger charge is 2.24. The molecule has 14 heteroatoms. The third-order valence-electron chi connectivity index (χ3n) is 6.23. The van der Waals surface area contributed by atoms with Crippen LogP contribution in [0.5, 0.6) is 0 Å². The van der Waals surface area contributed by atoms with E-state index in [2.05, 4.69) is 30.9 Å². The first-order chi connectivity index (χ1) is 19.6. The summed E-state index contributed by atoms with van der Waals surface area (Å²) in [5, 5.41) is 24.2. The maximum atomic E-state index is 13.8. The van der Waals surface area contributed by atoms with Crippen LogP contribution in [-0.4, -0.2) is 31.4 Å². The zero-order valence-corrected chi connectivity index (χ0v) is 21.7. The Hall–Kier alpha value is -4.83. The van der Waals surface area contributed by atoms with Gasteiger partial charge in [0, 0.05) is 23.3 Å². The number of nitriles is 1. The van der Waals surface area contributed by atoms with E-state index in [1.54, 1.807) is 12.1 Å². The van der Waals surface area contributed by atoms with Crippen LogP contribution in [-0.2, 0) is 0 Å². The maximum absolute atomic E-state index is 13.8. The summed E-state index contributed by atoms with van der Waals surface area (Å²) < 4.78 is 68.5. The molecule has 3 aromatic heterocycles. The number of nitrogens with zero attached hydrogens (tertiary/aromatic N) is 6. The second-order valence-corrected chi connectivity index (χ2v) is 9.37. The van der Waals surface area contributed by atoms with Gasteiger partial charge in [-0.3, -0.25) is 4.98 Å². The van der Waals surface area contributed by atoms with Crippen molar-refractivity contribution < 1.29 is 22.0 Å². The molecule has 0 saturated heterocycles. The quantitative estimate of drug-likeness (QED) is 0.150. The SMILES string of the molecule is CC(C(F)F)n1cc([C@@H](Nc2cc(Cl)c3ncc(C#N)c(Nc4cnc(F)c(F)c4)c3c2)c2ccc(F)cc2)nn1. The largest absolute Gasteiger partial charge is 0.373 e. The number of hydrogen-bond donors (Lipinski definition) is 2. The molecule has 0 saturated carbocycles. The highest BCUT2D eigenvalue weighted by atomic mass is 35.5. The molecule has 1 unspecified atom stereocenters. The fourth-order valence-electron chi connectivity index (χ4n) is 4.08. The Bertz CT molecular complexity index is 1770. The number of fused-ring (bicyclic) bond motifs is 1. The summed E-state index contributed by atoms with van der Waals surface area (Å²) in [6.45, 7) is 1.30. The summed E-state index contributed by atoms with van der Waals surface area (Å²) in [7, 11) is 0. The molecule has 5 aromatic rings. The van der Waals surface area contributed by atoms with E-state index in [0.717, 1.165) is 16.9 Å². The zero-order chi connectivity index (χ0) is 29.3. The van der Waals surface area contributed by atoms with Gasteiger partial charge in [-0.1, -0.05) is 28.9 Å². The maximum Gasteiger partial charge on any atom is 0.260 e. The Labute approximate surface area is 234 Å². The molecule has 2 N–H and O–H groups in total. The van der Waals surface area contributed by atoms with Crippen LogP contribution in [0.2, 0.25) is 5.02 Å². The number of benzene rings is 2. The van der Waals surface area contributed by atoms with Crippen molar-refractivity contribution >= 4 is 39.6 Å². The second-order valence-electron chi connectivity index (χ2n) is 8.96. The minimum absolute atomic E-state index is 0.0661. The summed E-state index contributed by atoms with van der Waals surface area (Å²) in [6.07, 6.45) is 1.02. The standard InChI is InChI=1S/C27H18ClF5N8/c1-13(26(31)32)41-12-22(39-40-41)24(14-2-4-16(29)5-3-14)37-17-6-19-23(38-18-8-21(30)27(33)36-11-18)15(9-34)10-35-25(19)20(28)7-17/h2-8,10-13,24,26,37H,1H3,(H,35,38)/t13?,24-/m0/s1. The van der Waals surface area contributed by atoms with Crippen LogP contribution in [0.3, 0.4) is 0 Å². The van der Waals surface area contributed by atoms with E-state index in [4.69, 9.17) is 11.6 Å². The summed E-state index contributed by atoms with van der Waals surface area (Å²) in [4.78, 5) is 7.61. The lowest BCUT2D eigenvalue weighted by atomic mass is 10.0. The van der Waals surface area contributed by atoms with Crippen LogP contribution >= 0.6 is 11.6 Å². The molecule has 0 aliphatic carbocycles. The highest BCUT2D eigenvalue weighted by Crippen LogP contribution is 2.37. The van der Waals surface area contributed by atoms with Gasteiger partial charge in [0.05, 0.1) is 45.9 Å². The molecule has 2 aromatic carbocycles. The molecule has 0 aliphatic rings. The van der Waals surface area contributed by atoms with Gasteiger partial charge in [-0.2, -0.15) is 9.65 Å². The van der Waals surface area contributed by atoms with Gasteiger partial charge in [-0.05, 0) is 36.8 Å². The minimum Gasteiger partial charge on any atom is -0.373 e. The molecule has 3 heterocycles. The van der Waals surface area contributed by atoms with E-state index in [0.29, 0.717) is 22.2 Å². The number of anilines is 3. The average Bonchev–Trinajstić information content (AvgIpc) is 3.44. The van der Waals surface area contributed by atoms with E-state index in [9.17, 15) is 27.2 Å². The zero-order valence-electron chi connectivity index (χ0n) is 21.0. The van der Waals surface area contributed by atoms with Crippen LogP contribution in [0.25, 0.3) is 10.9 Å². The lowest BCUT2D eigenvalue weighted by molar-refractivity contribution is 0.0845. The molecule has 0 amide bonds. The predicted octanol–water partition coefficient (Wildman–Crippen LogP) is 6.93. The molecule has 41 heavy (non-hydrogen) atoms. The molecule has 208 valence electrons. The third-order valence-corrected chi connectivity index (χ3v) is 6.52. The number of halogens is 6. The molecule has 0 radical (unpaired) electrons. The van der Waals surface area contributed by atoms with E-state index < -0.39 is 36.1 Å². The molecular formula is C27H18ClF5N8. The van der Waals surface area contributed by atoms with Crippen LogP contribution in [0.15, 0.2) is 61.1 Å². The van der Waals surface area contributed by atoms with Gasteiger partial charge in [-0.15, -0.1) is 5.10 Å². The van der Waals surface area contributed by atoms with Crippen LogP contribution in [0.1, 0.15) is 35.8 Å². The fourth-order valence-corrected chi connectivity index (χ4v) is 4.35. The smallest absolute Gasteiger partial charge is 0.260 e. The van der Waals surface area contributed by atoms with E-state index in [1.165, 1.54) is 43.6 Å². The number of nitrogens with one attached hydrogen (secondary N) is 2. The predicted molar refractivity (Wildman–Crippen MR) is 142 cm³/mol. The lowest BCUT2D eigenvalue weighted by Gasteiger charge is -2.20. The van der Waals surface area contributed by atoms with Gasteiger partial charge in [0.25, 0.3) is 6.43 Å². The van der Waals surface area contributed by atoms with E-state index in [-0.39, 0.29) is 27.7 Å². The van der Waals surface area contributed by atoms with Gasteiger partial charge >= 0.3 is 0 Å². The number of alkyl halides is 2. The Kier molecular flexibility index (Phi) is 7.67. The lowest BCUT2D eigenvalue weighted by Crippen LogP contribution is -2.15. The van der Waals surface area contributed by atoms with E-state index >= 15 is 0 Å². The van der Waals surface area contributed by atoms with E-state index in [1.807, 2.05) is 6.07 Å². The van der Waals surface area contributed by atoms with Crippen molar-refractivity contribution in [3.05, 3.63) is 100 Å². The van der Waals surface area contributed by atoms with Crippen molar-refractivity contribution in [2.75, 3.05) is 10.6 Å². The van der Waals surface area contributed by atoms with Crippen molar-refractivity contribution in [1.29, 1.82) is 5.26 Å². The first kappa shape index (κ1) is 27.7. The first-order valence-electron chi connectivity index (χ1n) is 12.0. The van der Waals surface area contributed by atoms with Gasteiger partial charge < -0.3 is 10.6 Å². The summed E-state index contributed by atoms with van der Waals surface area (Å²) in [6, 6.07) is 9.49. The Balaban J connectivity index is 1.60. The monoisotopic (exact) mass is 584 g/mol.